The zero-order valence-electron chi connectivity index (χ0n) is 14.0. The quantitative estimate of drug-likeness (QED) is 0.420. The van der Waals surface area contributed by atoms with E-state index in [1.54, 1.807) is 0 Å². The summed E-state index contributed by atoms with van der Waals surface area (Å²) in [7, 11) is 0. The molecule has 0 aromatic heterocycles. The molecule has 0 aliphatic carbocycles. The number of carbonyl (C=O) groups excluding carboxylic acids is 2. The van der Waals surface area contributed by atoms with Crippen molar-refractivity contribution in [1.82, 2.24) is 0 Å². The maximum atomic E-state index is 12.1. The van der Waals surface area contributed by atoms with Crippen molar-refractivity contribution in [3.63, 3.8) is 0 Å². The molecule has 0 fully saturated rings. The Hall–Kier alpha value is -2.84. The van der Waals surface area contributed by atoms with Crippen LogP contribution in [0.2, 0.25) is 10.0 Å². The van der Waals surface area contributed by atoms with Crippen LogP contribution in [0, 0.1) is 10.1 Å². The lowest BCUT2D eigenvalue weighted by Gasteiger charge is -2.14. The van der Waals surface area contributed by atoms with Crippen LogP contribution in [0.5, 0.6) is 5.75 Å². The summed E-state index contributed by atoms with van der Waals surface area (Å²) in [5.74, 6) is -1.30. The van der Waals surface area contributed by atoms with E-state index in [1.807, 2.05) is 0 Å². The summed E-state index contributed by atoms with van der Waals surface area (Å²) in [6, 6.07) is 10.1. The van der Waals surface area contributed by atoms with Crippen molar-refractivity contribution in [3.8, 4) is 5.75 Å². The summed E-state index contributed by atoms with van der Waals surface area (Å²) < 4.78 is 10.2. The normalized spacial score (nSPS) is 11.4. The van der Waals surface area contributed by atoms with E-state index in [2.05, 4.69) is 5.32 Å². The van der Waals surface area contributed by atoms with Crippen molar-refractivity contribution in [1.29, 1.82) is 0 Å². The molecule has 142 valence electrons. The average Bonchev–Trinajstić information content (AvgIpc) is 2.61. The van der Waals surface area contributed by atoms with Gasteiger partial charge in [-0.2, -0.15) is 0 Å². The van der Waals surface area contributed by atoms with Crippen LogP contribution in [0.3, 0.4) is 0 Å². The third-order valence-electron chi connectivity index (χ3n) is 3.28. The molecule has 1 N–H and O–H groups in total. The largest absolute Gasteiger partial charge is 0.480 e. The molecule has 0 heterocycles. The van der Waals surface area contributed by atoms with Crippen LogP contribution in [0.4, 0.5) is 11.4 Å². The Kier molecular flexibility index (Phi) is 6.98. The Bertz CT molecular complexity index is 874. The Labute approximate surface area is 164 Å². The highest BCUT2D eigenvalue weighted by Gasteiger charge is 2.22. The monoisotopic (exact) mass is 412 g/mol. The summed E-state index contributed by atoms with van der Waals surface area (Å²) in [6.45, 7) is 0.849. The predicted molar refractivity (Wildman–Crippen MR) is 99.2 cm³/mol. The van der Waals surface area contributed by atoms with Crippen molar-refractivity contribution in [3.05, 3.63) is 62.6 Å². The summed E-state index contributed by atoms with van der Waals surface area (Å²) in [5, 5.41) is 13.9. The molecule has 27 heavy (non-hydrogen) atoms. The number of nitro groups is 1. The first-order valence-corrected chi connectivity index (χ1v) is 8.35. The van der Waals surface area contributed by atoms with Crippen molar-refractivity contribution >= 4 is 46.5 Å². The molecule has 0 spiro atoms. The van der Waals surface area contributed by atoms with E-state index in [0.717, 1.165) is 0 Å². The van der Waals surface area contributed by atoms with Gasteiger partial charge in [-0.3, -0.25) is 14.9 Å². The molecule has 1 atom stereocenters. The Morgan fingerprint density at radius 1 is 1.22 bits per heavy atom. The molecular formula is C17H14Cl2N2O6. The van der Waals surface area contributed by atoms with Gasteiger partial charge in [0.05, 0.1) is 9.95 Å². The maximum Gasteiger partial charge on any atom is 0.344 e. The van der Waals surface area contributed by atoms with E-state index in [0.29, 0.717) is 5.02 Å². The molecular weight excluding hydrogens is 399 g/mol. The first-order chi connectivity index (χ1) is 12.8. The zero-order valence-corrected chi connectivity index (χ0v) is 15.5. The van der Waals surface area contributed by atoms with Gasteiger partial charge in [0.25, 0.3) is 11.6 Å². The smallest absolute Gasteiger partial charge is 0.344 e. The Morgan fingerprint density at radius 2 is 1.93 bits per heavy atom. The number of hydrogen-bond donors (Lipinski definition) is 1. The third kappa shape index (κ3) is 5.83. The zero-order chi connectivity index (χ0) is 20.0. The number of amides is 1. The van der Waals surface area contributed by atoms with Gasteiger partial charge >= 0.3 is 5.97 Å². The van der Waals surface area contributed by atoms with E-state index in [9.17, 15) is 19.7 Å². The first kappa shape index (κ1) is 20.5. The van der Waals surface area contributed by atoms with Gasteiger partial charge in [-0.05, 0) is 31.2 Å². The molecule has 0 saturated heterocycles. The van der Waals surface area contributed by atoms with Crippen molar-refractivity contribution < 1.29 is 24.0 Å². The van der Waals surface area contributed by atoms with Crippen LogP contribution < -0.4 is 10.1 Å². The number of nitrogens with one attached hydrogen (secondary N) is 1. The molecule has 1 amide bonds. The SMILES string of the molecule is C[C@H](OC(=O)COc1ccc(Cl)cc1Cl)C(=O)Nc1ccccc1[N+](=O)[O-]. The Balaban J connectivity index is 1.90. The molecule has 0 bridgehead atoms. The molecule has 0 aliphatic heterocycles. The number of hydrogen-bond acceptors (Lipinski definition) is 6. The van der Waals surface area contributed by atoms with Gasteiger partial charge in [-0.1, -0.05) is 35.3 Å². The summed E-state index contributed by atoms with van der Waals surface area (Å²) in [4.78, 5) is 34.3. The molecule has 8 nitrogen and oxygen atoms in total. The lowest BCUT2D eigenvalue weighted by Crippen LogP contribution is -2.31. The number of nitrogens with zero attached hydrogens (tertiary/aromatic N) is 1. The predicted octanol–water partition coefficient (Wildman–Crippen LogP) is 3.85. The van der Waals surface area contributed by atoms with E-state index >= 15 is 0 Å². The van der Waals surface area contributed by atoms with Crippen molar-refractivity contribution in [2.24, 2.45) is 0 Å². The van der Waals surface area contributed by atoms with Crippen molar-refractivity contribution in [2.45, 2.75) is 13.0 Å². The number of benzene rings is 2. The molecule has 2 aromatic carbocycles. The van der Waals surface area contributed by atoms with E-state index in [-0.39, 0.29) is 22.1 Å². The molecule has 0 aliphatic rings. The minimum absolute atomic E-state index is 0.000375. The fraction of sp³-hybridized carbons (Fsp3) is 0.176. The standard InChI is InChI=1S/C17H14Cl2N2O6/c1-10(17(23)20-13-4-2-3-5-14(13)21(24)25)27-16(22)9-26-15-7-6-11(18)8-12(15)19/h2-8,10H,9H2,1H3,(H,20,23)/t10-/m0/s1. The van der Waals surface area contributed by atoms with Crippen LogP contribution in [0.15, 0.2) is 42.5 Å². The number of nitro benzene ring substituents is 1. The van der Waals surface area contributed by atoms with Crippen LogP contribution in [0.25, 0.3) is 0 Å². The number of carbonyl (C=O) groups is 2. The number of anilines is 1. The highest BCUT2D eigenvalue weighted by molar-refractivity contribution is 6.35. The van der Waals surface area contributed by atoms with Gasteiger partial charge in [0, 0.05) is 11.1 Å². The second kappa shape index (κ2) is 9.20. The van der Waals surface area contributed by atoms with Crippen LogP contribution >= 0.6 is 23.2 Å². The second-order valence-corrected chi connectivity index (χ2v) is 6.10. The van der Waals surface area contributed by atoms with Crippen LogP contribution in [-0.2, 0) is 14.3 Å². The van der Waals surface area contributed by atoms with Crippen LogP contribution in [-0.4, -0.2) is 29.5 Å². The fourth-order valence-electron chi connectivity index (χ4n) is 1.99. The van der Waals surface area contributed by atoms with Gasteiger partial charge in [0.1, 0.15) is 11.4 Å². The molecule has 2 aromatic rings. The maximum absolute atomic E-state index is 12.1. The molecule has 10 heteroatoms. The number of halogens is 2. The minimum Gasteiger partial charge on any atom is -0.480 e. The lowest BCUT2D eigenvalue weighted by atomic mass is 10.2. The summed E-state index contributed by atoms with van der Waals surface area (Å²) >= 11 is 11.7. The van der Waals surface area contributed by atoms with E-state index in [4.69, 9.17) is 32.7 Å². The Morgan fingerprint density at radius 3 is 2.59 bits per heavy atom. The molecule has 2 rings (SSSR count). The molecule has 0 unspecified atom stereocenters. The first-order valence-electron chi connectivity index (χ1n) is 7.59. The summed E-state index contributed by atoms with van der Waals surface area (Å²) in [6.07, 6.45) is -1.19. The van der Waals surface area contributed by atoms with Gasteiger partial charge in [0.15, 0.2) is 12.7 Å². The highest BCUT2D eigenvalue weighted by Crippen LogP contribution is 2.27. The van der Waals surface area contributed by atoms with E-state index in [1.165, 1.54) is 49.4 Å². The number of esters is 1. The highest BCUT2D eigenvalue weighted by atomic mass is 35.5. The fourth-order valence-corrected chi connectivity index (χ4v) is 2.45. The molecule has 0 saturated carbocycles. The topological polar surface area (TPSA) is 108 Å². The number of ether oxygens (including phenoxy) is 2. The van der Waals surface area contributed by atoms with Gasteiger partial charge in [-0.15, -0.1) is 0 Å². The van der Waals surface area contributed by atoms with Gasteiger partial charge in [-0.25, -0.2) is 4.79 Å². The van der Waals surface area contributed by atoms with Crippen molar-refractivity contribution in [2.75, 3.05) is 11.9 Å². The van der Waals surface area contributed by atoms with Gasteiger partial charge < -0.3 is 14.8 Å². The minimum atomic E-state index is -1.19. The molecule has 0 radical (unpaired) electrons. The van der Waals surface area contributed by atoms with Gasteiger partial charge in [0.2, 0.25) is 0 Å². The third-order valence-corrected chi connectivity index (χ3v) is 3.81. The lowest BCUT2D eigenvalue weighted by molar-refractivity contribution is -0.383. The number of para-hydroxylation sites is 2. The average molecular weight is 413 g/mol. The van der Waals surface area contributed by atoms with Crippen LogP contribution in [0.1, 0.15) is 6.92 Å². The number of rotatable bonds is 7. The second-order valence-electron chi connectivity index (χ2n) is 5.26. The van der Waals surface area contributed by atoms with E-state index < -0.39 is 29.5 Å². The summed E-state index contributed by atoms with van der Waals surface area (Å²) in [5.41, 5.74) is -0.273.